The van der Waals surface area contributed by atoms with E-state index in [1.807, 2.05) is 6.07 Å². The largest absolute Gasteiger partial charge is 0.328 e. The molecule has 3 N–H and O–H groups in total. The molecule has 0 saturated heterocycles. The summed E-state index contributed by atoms with van der Waals surface area (Å²) in [6.45, 7) is 0.774. The number of nitrogens with one attached hydrogen (secondary N) is 3. The number of carbonyl (C=O) groups is 1. The van der Waals surface area contributed by atoms with Crippen LogP contribution in [0.1, 0.15) is 36.0 Å². The van der Waals surface area contributed by atoms with Crippen molar-refractivity contribution in [1.29, 1.82) is 0 Å². The molecule has 28 heavy (non-hydrogen) atoms. The van der Waals surface area contributed by atoms with E-state index in [-0.39, 0.29) is 17.2 Å². The van der Waals surface area contributed by atoms with Crippen molar-refractivity contribution in [2.45, 2.75) is 43.4 Å². The molecule has 0 unspecified atom stereocenters. The topological polar surface area (TPSA) is 89.2 Å². The van der Waals surface area contributed by atoms with Gasteiger partial charge in [-0.3, -0.25) is 9.79 Å². The first-order valence-electron chi connectivity index (χ1n) is 9.63. The Labute approximate surface area is 165 Å². The van der Waals surface area contributed by atoms with E-state index in [2.05, 4.69) is 27.2 Å². The van der Waals surface area contributed by atoms with Crippen molar-refractivity contribution in [2.75, 3.05) is 11.9 Å². The van der Waals surface area contributed by atoms with Crippen LogP contribution < -0.4 is 15.0 Å². The lowest BCUT2D eigenvalue weighted by Gasteiger charge is -2.08. The lowest BCUT2D eigenvalue weighted by Crippen LogP contribution is -2.72. The highest BCUT2D eigenvalue weighted by atomic mass is 32.2. The van der Waals surface area contributed by atoms with Crippen LogP contribution in [0.15, 0.2) is 47.4 Å². The van der Waals surface area contributed by atoms with Crippen molar-refractivity contribution in [3.63, 3.8) is 0 Å². The number of hydrogen-bond acceptors (Lipinski definition) is 3. The second kappa shape index (κ2) is 7.75. The third-order valence-electron chi connectivity index (χ3n) is 5.16. The first-order chi connectivity index (χ1) is 13.5. The molecule has 146 valence electrons. The van der Waals surface area contributed by atoms with E-state index in [0.717, 1.165) is 31.4 Å². The van der Waals surface area contributed by atoms with Crippen molar-refractivity contribution in [2.24, 2.45) is 0 Å². The van der Waals surface area contributed by atoms with Crippen LogP contribution in [0.5, 0.6) is 0 Å². The van der Waals surface area contributed by atoms with Gasteiger partial charge in [-0.1, -0.05) is 24.3 Å². The van der Waals surface area contributed by atoms with Crippen LogP contribution >= 0.6 is 0 Å². The number of amidine groups is 1. The van der Waals surface area contributed by atoms with E-state index in [1.54, 1.807) is 12.1 Å². The Morgan fingerprint density at radius 1 is 1.00 bits per heavy atom. The SMILES string of the molecule is O=C(Cc1ccc2c(c1)CCC2)Nc1cccc(S(=O)(=O)NC2=[NH+]CCC2)c1. The first-order valence-corrected chi connectivity index (χ1v) is 11.1. The third kappa shape index (κ3) is 4.25. The second-order valence-electron chi connectivity index (χ2n) is 7.32. The molecule has 1 amide bonds. The first kappa shape index (κ1) is 18.7. The predicted molar refractivity (Wildman–Crippen MR) is 108 cm³/mol. The van der Waals surface area contributed by atoms with Gasteiger partial charge in [0, 0.05) is 5.69 Å². The number of amides is 1. The maximum atomic E-state index is 12.5. The molecule has 2 aliphatic rings. The molecule has 2 aromatic rings. The fraction of sp³-hybridized carbons (Fsp3) is 0.333. The Morgan fingerprint density at radius 2 is 1.86 bits per heavy atom. The van der Waals surface area contributed by atoms with Crippen molar-refractivity contribution in [3.8, 4) is 0 Å². The molecule has 0 atom stereocenters. The van der Waals surface area contributed by atoms with Crippen molar-refractivity contribution < 1.29 is 18.2 Å². The molecule has 0 saturated carbocycles. The lowest BCUT2D eigenvalue weighted by atomic mass is 10.0. The van der Waals surface area contributed by atoms with E-state index in [9.17, 15) is 13.2 Å². The van der Waals surface area contributed by atoms with Gasteiger partial charge in [-0.15, -0.1) is 0 Å². The second-order valence-corrected chi connectivity index (χ2v) is 9.01. The number of fused-ring (bicyclic) bond motifs is 1. The minimum absolute atomic E-state index is 0.129. The number of hydrogen-bond donors (Lipinski definition) is 3. The van der Waals surface area contributed by atoms with E-state index in [4.69, 9.17) is 0 Å². The van der Waals surface area contributed by atoms with Gasteiger partial charge in [0.15, 0.2) is 0 Å². The average molecular weight is 399 g/mol. The van der Waals surface area contributed by atoms with Gasteiger partial charge in [-0.2, -0.15) is 13.1 Å². The summed E-state index contributed by atoms with van der Waals surface area (Å²) in [7, 11) is -3.67. The number of carbonyl (C=O) groups excluding carboxylic acids is 1. The van der Waals surface area contributed by atoms with Crippen molar-refractivity contribution in [3.05, 3.63) is 59.2 Å². The Bertz CT molecular complexity index is 1040. The molecule has 2 aromatic carbocycles. The van der Waals surface area contributed by atoms with E-state index < -0.39 is 10.0 Å². The van der Waals surface area contributed by atoms with Gasteiger partial charge in [0.1, 0.15) is 4.90 Å². The Morgan fingerprint density at radius 3 is 2.68 bits per heavy atom. The molecular weight excluding hydrogens is 374 g/mol. The molecule has 1 aliphatic heterocycles. The molecule has 0 aromatic heterocycles. The van der Waals surface area contributed by atoms with Gasteiger partial charge in [0.05, 0.1) is 19.4 Å². The molecule has 0 fully saturated rings. The van der Waals surface area contributed by atoms with Crippen molar-refractivity contribution in [1.82, 2.24) is 4.72 Å². The summed E-state index contributed by atoms with van der Waals surface area (Å²) in [5, 5.41) is 2.81. The van der Waals surface area contributed by atoms with Crippen LogP contribution in [0.25, 0.3) is 0 Å². The molecule has 1 aliphatic carbocycles. The summed E-state index contributed by atoms with van der Waals surface area (Å²) in [5.74, 6) is 0.457. The fourth-order valence-electron chi connectivity index (χ4n) is 3.77. The Balaban J connectivity index is 1.43. The molecule has 1 heterocycles. The van der Waals surface area contributed by atoms with Gasteiger partial charge >= 0.3 is 10.0 Å². The molecule has 4 rings (SSSR count). The summed E-state index contributed by atoms with van der Waals surface area (Å²) in [6.07, 6.45) is 5.24. The van der Waals surface area contributed by atoms with E-state index in [1.165, 1.54) is 29.7 Å². The van der Waals surface area contributed by atoms with Gasteiger partial charge in [0.2, 0.25) is 5.91 Å². The van der Waals surface area contributed by atoms with Crippen LogP contribution in [0.2, 0.25) is 0 Å². The zero-order chi connectivity index (χ0) is 19.6. The predicted octanol–water partition coefficient (Wildman–Crippen LogP) is 0.908. The molecule has 0 bridgehead atoms. The van der Waals surface area contributed by atoms with Crippen LogP contribution in [0, 0.1) is 0 Å². The number of benzene rings is 2. The van der Waals surface area contributed by atoms with Crippen molar-refractivity contribution >= 4 is 27.5 Å². The zero-order valence-corrected chi connectivity index (χ0v) is 16.4. The highest BCUT2D eigenvalue weighted by Gasteiger charge is 2.24. The average Bonchev–Trinajstić information content (AvgIpc) is 3.32. The number of anilines is 1. The smallest absolute Gasteiger partial charge is 0.326 e. The summed E-state index contributed by atoms with van der Waals surface area (Å²) in [6, 6.07) is 12.6. The lowest BCUT2D eigenvalue weighted by molar-refractivity contribution is -0.448. The molecular formula is C21H24N3O3S+. The maximum Gasteiger partial charge on any atom is 0.328 e. The minimum Gasteiger partial charge on any atom is -0.326 e. The number of rotatable bonds is 5. The third-order valence-corrected chi connectivity index (χ3v) is 6.54. The van der Waals surface area contributed by atoms with Gasteiger partial charge in [-0.25, -0.2) is 0 Å². The number of aryl methyl sites for hydroxylation is 2. The normalized spacial score (nSPS) is 15.8. The summed E-state index contributed by atoms with van der Waals surface area (Å²) >= 11 is 0. The van der Waals surface area contributed by atoms with E-state index in [0.29, 0.717) is 17.9 Å². The highest BCUT2D eigenvalue weighted by Crippen LogP contribution is 2.23. The van der Waals surface area contributed by atoms with Gasteiger partial charge < -0.3 is 5.32 Å². The quantitative estimate of drug-likeness (QED) is 0.699. The Hall–Kier alpha value is -2.67. The molecule has 6 nitrogen and oxygen atoms in total. The van der Waals surface area contributed by atoms with Crippen LogP contribution in [-0.4, -0.2) is 26.7 Å². The minimum atomic E-state index is -3.67. The van der Waals surface area contributed by atoms with Crippen LogP contribution in [0.3, 0.4) is 0 Å². The molecule has 0 spiro atoms. The standard InChI is InChI=1S/C21H23N3O3S/c25-21(13-15-9-10-16-4-1-5-17(16)12-15)23-18-6-2-7-19(14-18)28(26,27)24-20-8-3-11-22-20/h2,6-7,9-10,12,14H,1,3-5,8,11,13H2,(H,22,24)(H,23,25)/p+1. The molecule has 7 heteroatoms. The van der Waals surface area contributed by atoms with E-state index >= 15 is 0 Å². The molecule has 0 radical (unpaired) electrons. The van der Waals surface area contributed by atoms with Crippen LogP contribution in [-0.2, 0) is 34.1 Å². The zero-order valence-electron chi connectivity index (χ0n) is 15.6. The number of sulfonamides is 1. The Kier molecular flexibility index (Phi) is 5.17. The monoisotopic (exact) mass is 398 g/mol. The van der Waals surface area contributed by atoms with Crippen LogP contribution in [0.4, 0.5) is 5.69 Å². The summed E-state index contributed by atoms with van der Waals surface area (Å²) in [4.78, 5) is 15.6. The van der Waals surface area contributed by atoms with Gasteiger partial charge in [0.25, 0.3) is 5.84 Å². The summed E-state index contributed by atoms with van der Waals surface area (Å²) < 4.78 is 27.7. The van der Waals surface area contributed by atoms with Gasteiger partial charge in [-0.05, 0) is 60.6 Å². The summed E-state index contributed by atoms with van der Waals surface area (Å²) in [5.41, 5.74) is 4.16. The maximum absolute atomic E-state index is 12.5. The highest BCUT2D eigenvalue weighted by molar-refractivity contribution is 7.90. The fourth-order valence-corrected chi connectivity index (χ4v) is 4.92.